The highest BCUT2D eigenvalue weighted by Gasteiger charge is 2.13. The molecule has 3 rings (SSSR count). The second-order valence-corrected chi connectivity index (χ2v) is 7.68. The van der Waals surface area contributed by atoms with E-state index in [1.165, 1.54) is 11.8 Å². The molecule has 0 bridgehead atoms. The Morgan fingerprint density at radius 1 is 1.14 bits per heavy atom. The first-order chi connectivity index (χ1) is 13.0. The van der Waals surface area contributed by atoms with Gasteiger partial charge in [0.25, 0.3) is 0 Å². The molecule has 148 valence electrons. The van der Waals surface area contributed by atoms with Crippen molar-refractivity contribution < 1.29 is 17.1 Å². The average Bonchev–Trinajstić information content (AvgIpc) is 3.10. The maximum atomic E-state index is 7.50. The lowest BCUT2D eigenvalue weighted by molar-refractivity contribution is -0.00000627. The van der Waals surface area contributed by atoms with E-state index in [9.17, 15) is 0 Å². The molecule has 3 N–H and O–H groups in total. The van der Waals surface area contributed by atoms with Crippen molar-refractivity contribution in [1.29, 1.82) is 5.41 Å². The molecule has 0 saturated carbocycles. The largest absolute Gasteiger partial charge is 1.00 e. The lowest BCUT2D eigenvalue weighted by Crippen LogP contribution is -3.00. The molecule has 0 spiro atoms. The normalized spacial score (nSPS) is 10.5. The Morgan fingerprint density at radius 2 is 1.82 bits per heavy atom. The van der Waals surface area contributed by atoms with Crippen molar-refractivity contribution in [1.82, 2.24) is 9.78 Å². The van der Waals surface area contributed by atoms with Crippen molar-refractivity contribution in [2.24, 2.45) is 11.7 Å². The molecule has 2 aromatic carbocycles. The summed E-state index contributed by atoms with van der Waals surface area (Å²) in [4.78, 5) is 0. The lowest BCUT2D eigenvalue weighted by Gasteiger charge is -2.09. The van der Waals surface area contributed by atoms with E-state index < -0.39 is 0 Å². The molecule has 28 heavy (non-hydrogen) atoms. The fourth-order valence-corrected chi connectivity index (χ4v) is 3.12. The minimum atomic E-state index is 0. The molecule has 0 aliphatic rings. The van der Waals surface area contributed by atoms with Gasteiger partial charge in [0.05, 0.1) is 18.0 Å². The number of aromatic nitrogens is 2. The Hall–Kier alpha value is -2.44. The number of thioether (sulfide) groups is 1. The first-order valence-electron chi connectivity index (χ1n) is 8.87. The number of nitrogens with zero attached hydrogens (tertiary/aromatic N) is 2. The summed E-state index contributed by atoms with van der Waals surface area (Å²) in [5, 5.41) is 12.4. The number of halogens is 1. The van der Waals surface area contributed by atoms with E-state index in [-0.39, 0.29) is 17.6 Å². The van der Waals surface area contributed by atoms with Gasteiger partial charge in [-0.2, -0.15) is 5.10 Å². The van der Waals surface area contributed by atoms with Crippen LogP contribution in [0.25, 0.3) is 16.9 Å². The molecule has 5 nitrogen and oxygen atoms in total. The van der Waals surface area contributed by atoms with Gasteiger partial charge >= 0.3 is 0 Å². The number of benzene rings is 2. The molecule has 0 amide bonds. The summed E-state index contributed by atoms with van der Waals surface area (Å²) in [6, 6.07) is 18.0. The SMILES string of the molecule is CC(C)COc1ccc(-c2nn(-c3ccccc3)cc2CSC(=N)N)cc1.[Cl-]. The number of para-hydroxylation sites is 1. The zero-order valence-electron chi connectivity index (χ0n) is 15.9. The van der Waals surface area contributed by atoms with Crippen LogP contribution >= 0.6 is 11.8 Å². The number of amidine groups is 1. The van der Waals surface area contributed by atoms with Crippen LogP contribution in [-0.4, -0.2) is 21.6 Å². The minimum Gasteiger partial charge on any atom is -1.00 e. The summed E-state index contributed by atoms with van der Waals surface area (Å²) in [6.07, 6.45) is 2.00. The fraction of sp³-hybridized carbons (Fsp3) is 0.238. The van der Waals surface area contributed by atoms with Gasteiger partial charge in [0.2, 0.25) is 0 Å². The summed E-state index contributed by atoms with van der Waals surface area (Å²) >= 11 is 1.30. The molecular weight excluding hydrogens is 392 g/mol. The van der Waals surface area contributed by atoms with E-state index in [0.29, 0.717) is 18.3 Å². The highest BCUT2D eigenvalue weighted by atomic mass is 35.5. The number of hydrogen-bond acceptors (Lipinski definition) is 4. The zero-order chi connectivity index (χ0) is 19.2. The quantitative estimate of drug-likeness (QED) is 0.455. The van der Waals surface area contributed by atoms with Crippen molar-refractivity contribution in [3.8, 4) is 22.7 Å². The predicted molar refractivity (Wildman–Crippen MR) is 113 cm³/mol. The second kappa shape index (κ2) is 10.2. The Balaban J connectivity index is 0.00000280. The summed E-state index contributed by atoms with van der Waals surface area (Å²) in [5.41, 5.74) is 9.47. The molecule has 0 atom stereocenters. The number of rotatable bonds is 7. The van der Waals surface area contributed by atoms with Gasteiger partial charge in [-0.25, -0.2) is 4.68 Å². The summed E-state index contributed by atoms with van der Waals surface area (Å²) in [7, 11) is 0. The maximum Gasteiger partial charge on any atom is 0.151 e. The third kappa shape index (κ3) is 5.78. The third-order valence-corrected chi connectivity index (χ3v) is 4.67. The van der Waals surface area contributed by atoms with Crippen molar-refractivity contribution >= 4 is 16.9 Å². The van der Waals surface area contributed by atoms with Crippen molar-refractivity contribution in [2.75, 3.05) is 6.61 Å². The Bertz CT molecular complexity index is 895. The van der Waals surface area contributed by atoms with Crippen LogP contribution in [0.4, 0.5) is 0 Å². The van der Waals surface area contributed by atoms with Crippen molar-refractivity contribution in [3.63, 3.8) is 0 Å². The van der Waals surface area contributed by atoms with Gasteiger partial charge in [0.15, 0.2) is 5.17 Å². The van der Waals surface area contributed by atoms with Gasteiger partial charge in [-0.1, -0.05) is 43.8 Å². The second-order valence-electron chi connectivity index (χ2n) is 6.67. The molecule has 3 aromatic rings. The van der Waals surface area contributed by atoms with E-state index >= 15 is 0 Å². The highest BCUT2D eigenvalue weighted by molar-refractivity contribution is 8.13. The van der Waals surface area contributed by atoms with Gasteiger partial charge in [0.1, 0.15) is 5.75 Å². The molecule has 0 aliphatic carbocycles. The highest BCUT2D eigenvalue weighted by Crippen LogP contribution is 2.28. The minimum absolute atomic E-state index is 0. The molecular formula is C21H24ClN4OS-. The van der Waals surface area contributed by atoms with Crippen LogP contribution in [0.5, 0.6) is 5.75 Å². The van der Waals surface area contributed by atoms with Gasteiger partial charge < -0.3 is 22.9 Å². The standard InChI is InChI=1S/C21H24N4OS.ClH/c1-15(2)13-26-19-10-8-16(9-11-19)20-17(14-27-21(22)23)12-25(24-20)18-6-4-3-5-7-18;/h3-12,15H,13-14H2,1-2H3,(H3,22,23);1H/p-1. The van der Waals surface area contributed by atoms with Crippen LogP contribution in [0.2, 0.25) is 0 Å². The predicted octanol–water partition coefficient (Wildman–Crippen LogP) is 1.70. The van der Waals surface area contributed by atoms with Gasteiger partial charge in [-0.05, 0) is 42.3 Å². The van der Waals surface area contributed by atoms with Crippen LogP contribution < -0.4 is 22.9 Å². The molecule has 7 heteroatoms. The number of ether oxygens (including phenoxy) is 1. The van der Waals surface area contributed by atoms with Gasteiger partial charge in [-0.3, -0.25) is 5.41 Å². The van der Waals surface area contributed by atoms with Gasteiger partial charge in [-0.15, -0.1) is 0 Å². The average molecular weight is 416 g/mol. The molecule has 0 radical (unpaired) electrons. The van der Waals surface area contributed by atoms with E-state index in [2.05, 4.69) is 13.8 Å². The zero-order valence-corrected chi connectivity index (χ0v) is 17.5. The first-order valence-corrected chi connectivity index (χ1v) is 9.85. The van der Waals surface area contributed by atoms with Crippen molar-refractivity contribution in [3.05, 3.63) is 66.4 Å². The van der Waals surface area contributed by atoms with Crippen LogP contribution in [0.1, 0.15) is 19.4 Å². The summed E-state index contributed by atoms with van der Waals surface area (Å²) in [5.74, 6) is 1.94. The lowest BCUT2D eigenvalue weighted by atomic mass is 10.1. The smallest absolute Gasteiger partial charge is 0.151 e. The first kappa shape index (κ1) is 21.9. The summed E-state index contributed by atoms with van der Waals surface area (Å²) < 4.78 is 7.64. The van der Waals surface area contributed by atoms with E-state index in [0.717, 1.165) is 28.3 Å². The van der Waals surface area contributed by atoms with Crippen LogP contribution in [-0.2, 0) is 5.75 Å². The topological polar surface area (TPSA) is 76.9 Å². The van der Waals surface area contributed by atoms with Crippen LogP contribution in [0, 0.1) is 11.3 Å². The van der Waals surface area contributed by atoms with E-state index in [1.807, 2.05) is 65.5 Å². The monoisotopic (exact) mass is 415 g/mol. The van der Waals surface area contributed by atoms with Gasteiger partial charge in [0, 0.05) is 23.1 Å². The number of nitrogens with one attached hydrogen (secondary N) is 1. The fourth-order valence-electron chi connectivity index (χ4n) is 2.60. The summed E-state index contributed by atoms with van der Waals surface area (Å²) in [6.45, 7) is 4.95. The molecule has 1 aromatic heterocycles. The third-order valence-electron chi connectivity index (χ3n) is 3.91. The molecule has 1 heterocycles. The van der Waals surface area contributed by atoms with Crippen molar-refractivity contribution in [2.45, 2.75) is 19.6 Å². The van der Waals surface area contributed by atoms with E-state index in [4.69, 9.17) is 21.0 Å². The molecule has 0 fully saturated rings. The molecule has 0 saturated heterocycles. The van der Waals surface area contributed by atoms with E-state index in [1.54, 1.807) is 0 Å². The Kier molecular flexibility index (Phi) is 7.96. The molecule has 0 aliphatic heterocycles. The van der Waals surface area contributed by atoms with Crippen LogP contribution in [0.3, 0.4) is 0 Å². The Morgan fingerprint density at radius 3 is 2.43 bits per heavy atom. The number of hydrogen-bond donors (Lipinski definition) is 2. The number of nitrogens with two attached hydrogens (primary N) is 1. The molecule has 0 unspecified atom stereocenters. The Labute approximate surface area is 176 Å². The van der Waals surface area contributed by atoms with Crippen LogP contribution in [0.15, 0.2) is 60.8 Å². The maximum absolute atomic E-state index is 7.50.